The predicted molar refractivity (Wildman–Crippen MR) is 218 cm³/mol. The van der Waals surface area contributed by atoms with Gasteiger partial charge in [0.2, 0.25) is 11.9 Å². The highest BCUT2D eigenvalue weighted by Crippen LogP contribution is 2.36. The molecular formula is C42H27Cl2N11O. The van der Waals surface area contributed by atoms with Gasteiger partial charge in [-0.05, 0) is 72.8 Å². The fraction of sp³-hybridized carbons (Fsp3) is 0. The lowest BCUT2D eigenvalue weighted by molar-refractivity contribution is 0.254. The molecule has 0 atom stereocenters. The van der Waals surface area contributed by atoms with Crippen molar-refractivity contribution < 1.29 is 4.79 Å². The fourth-order valence-electron chi connectivity index (χ4n) is 5.62. The molecule has 0 saturated carbocycles. The third kappa shape index (κ3) is 8.12. The second-order valence-corrected chi connectivity index (χ2v) is 12.7. The average Bonchev–Trinajstić information content (AvgIpc) is 3.23. The molecule has 14 heteroatoms. The fourth-order valence-corrected chi connectivity index (χ4v) is 6.10. The number of hydrogen-bond acceptors (Lipinski definition) is 10. The van der Waals surface area contributed by atoms with Crippen molar-refractivity contribution in [3.8, 4) is 34.4 Å². The molecule has 2 heterocycles. The van der Waals surface area contributed by atoms with Crippen LogP contribution in [0.2, 0.25) is 10.0 Å². The summed E-state index contributed by atoms with van der Waals surface area (Å²) < 4.78 is 0. The lowest BCUT2D eigenvalue weighted by Gasteiger charge is -2.21. The molecular weight excluding hydrogens is 745 g/mol. The number of nitrogens with two attached hydrogens (primary N) is 1. The zero-order valence-electron chi connectivity index (χ0n) is 29.1. The first kappa shape index (κ1) is 36.7. The molecule has 270 valence electrons. The van der Waals surface area contributed by atoms with Crippen molar-refractivity contribution >= 4 is 63.9 Å². The number of amides is 2. The van der Waals surface area contributed by atoms with Crippen LogP contribution in [0, 0.1) is 22.7 Å². The Morgan fingerprint density at radius 1 is 0.607 bits per heavy atom. The number of anilines is 5. The molecule has 0 fully saturated rings. The summed E-state index contributed by atoms with van der Waals surface area (Å²) in [6.07, 6.45) is 3.18. The molecule has 7 aromatic rings. The van der Waals surface area contributed by atoms with E-state index >= 15 is 0 Å². The van der Waals surface area contributed by atoms with Gasteiger partial charge in [0, 0.05) is 56.1 Å². The van der Waals surface area contributed by atoms with E-state index in [0.717, 1.165) is 5.01 Å². The number of primary amides is 1. The molecule has 5 aromatic carbocycles. The Kier molecular flexibility index (Phi) is 10.9. The van der Waals surface area contributed by atoms with Gasteiger partial charge in [-0.25, -0.2) is 24.7 Å². The highest BCUT2D eigenvalue weighted by molar-refractivity contribution is 6.34. The number of hydrazone groups is 1. The van der Waals surface area contributed by atoms with E-state index in [1.807, 2.05) is 24.3 Å². The van der Waals surface area contributed by atoms with E-state index in [0.29, 0.717) is 60.5 Å². The quantitative estimate of drug-likeness (QED) is 0.0901. The Morgan fingerprint density at radius 3 is 1.45 bits per heavy atom. The van der Waals surface area contributed by atoms with Crippen LogP contribution in [-0.4, -0.2) is 31.7 Å². The summed E-state index contributed by atoms with van der Waals surface area (Å²) in [6, 6.07) is 39.9. The van der Waals surface area contributed by atoms with Crippen molar-refractivity contribution in [2.24, 2.45) is 10.8 Å². The van der Waals surface area contributed by atoms with Gasteiger partial charge < -0.3 is 16.4 Å². The summed E-state index contributed by atoms with van der Waals surface area (Å²) in [5.41, 5.74) is 11.1. The third-order valence-electron chi connectivity index (χ3n) is 8.30. The molecule has 0 aliphatic carbocycles. The van der Waals surface area contributed by atoms with Crippen LogP contribution in [0.4, 0.5) is 33.8 Å². The molecule has 2 amide bonds. The maximum atomic E-state index is 13.3. The summed E-state index contributed by atoms with van der Waals surface area (Å²) in [6.45, 7) is 0. The van der Waals surface area contributed by atoms with Crippen LogP contribution in [0.15, 0.2) is 145 Å². The zero-order valence-corrected chi connectivity index (χ0v) is 30.6. The van der Waals surface area contributed by atoms with Gasteiger partial charge >= 0.3 is 6.03 Å². The van der Waals surface area contributed by atoms with Gasteiger partial charge in [0.25, 0.3) is 0 Å². The number of nitrogens with one attached hydrogen (secondary N) is 2. The lowest BCUT2D eigenvalue weighted by atomic mass is 9.97. The molecule has 0 spiro atoms. The van der Waals surface area contributed by atoms with Crippen molar-refractivity contribution in [3.63, 3.8) is 0 Å². The molecule has 0 aliphatic rings. The highest BCUT2D eigenvalue weighted by Gasteiger charge is 2.27. The molecule has 56 heavy (non-hydrogen) atoms. The van der Waals surface area contributed by atoms with Gasteiger partial charge in [-0.3, -0.25) is 0 Å². The minimum atomic E-state index is -0.887. The van der Waals surface area contributed by atoms with E-state index in [1.54, 1.807) is 116 Å². The van der Waals surface area contributed by atoms with E-state index in [9.17, 15) is 15.3 Å². The molecule has 4 N–H and O–H groups in total. The Labute approximate surface area is 331 Å². The molecule has 7 rings (SSSR count). The maximum absolute atomic E-state index is 13.3. The Balaban J connectivity index is 1.53. The molecule has 0 bridgehead atoms. The highest BCUT2D eigenvalue weighted by atomic mass is 35.5. The van der Waals surface area contributed by atoms with Gasteiger partial charge in [-0.15, -0.1) is 0 Å². The Hall–Kier alpha value is -7.64. The minimum Gasteiger partial charge on any atom is -0.350 e. The molecule has 0 radical (unpaired) electrons. The molecule has 0 unspecified atom stereocenters. The predicted octanol–water partition coefficient (Wildman–Crippen LogP) is 9.48. The first-order valence-corrected chi connectivity index (χ1v) is 17.6. The number of para-hydroxylation sites is 1. The zero-order chi connectivity index (χ0) is 39.0. The normalized spacial score (nSPS) is 10.4. The number of urea groups is 1. The van der Waals surface area contributed by atoms with E-state index in [1.165, 1.54) is 0 Å². The van der Waals surface area contributed by atoms with Crippen LogP contribution in [0.3, 0.4) is 0 Å². The van der Waals surface area contributed by atoms with Crippen LogP contribution >= 0.6 is 23.2 Å². The minimum absolute atomic E-state index is 0.0769. The number of carbonyl (C=O) groups excluding carboxylic acids is 1. The van der Waals surface area contributed by atoms with Gasteiger partial charge in [0.05, 0.1) is 29.0 Å². The smallest absolute Gasteiger partial charge is 0.340 e. The topological polar surface area (TPSA) is 182 Å². The largest absolute Gasteiger partial charge is 0.350 e. The molecule has 12 nitrogen and oxygen atoms in total. The standard InChI is InChI=1S/C42H27Cl2N11O/c43-35-12-6-4-10-31(35)33-24-48-41(50-28-18-14-26(22-45)15-19-28)52-37(33)39(54-55(40(47)56)30-8-2-1-3-9-30)38-34(32-11-5-7-13-36(32)44)25-49-42(53-38)51-29-20-16-27(23-46)17-21-29/h1-21,24-25H,(H2,47,56)(H,48,50,52)(H,49,51,53). The SMILES string of the molecule is N#Cc1ccc(Nc2ncc(-c3ccccc3Cl)c(C(=NN(C(N)=O)c3ccccc3)c3nc(Nc4ccc(C#N)cc4)ncc3-c3ccccc3Cl)n2)cc1. The van der Waals surface area contributed by atoms with Crippen LogP contribution in [-0.2, 0) is 0 Å². The van der Waals surface area contributed by atoms with E-state index in [2.05, 4.69) is 32.7 Å². The molecule has 0 aliphatic heterocycles. The van der Waals surface area contributed by atoms with Crippen LogP contribution in [0.1, 0.15) is 22.5 Å². The van der Waals surface area contributed by atoms with E-state index in [4.69, 9.17) is 44.0 Å². The van der Waals surface area contributed by atoms with Gasteiger partial charge in [-0.1, -0.05) is 77.8 Å². The Morgan fingerprint density at radius 2 is 1.04 bits per heavy atom. The van der Waals surface area contributed by atoms with Gasteiger partial charge in [0.1, 0.15) is 17.1 Å². The molecule has 2 aromatic heterocycles. The van der Waals surface area contributed by atoms with Crippen LogP contribution in [0.25, 0.3) is 22.3 Å². The van der Waals surface area contributed by atoms with E-state index < -0.39 is 6.03 Å². The number of benzene rings is 5. The number of aromatic nitrogens is 4. The number of carbonyl (C=O) groups is 1. The lowest BCUT2D eigenvalue weighted by Crippen LogP contribution is -2.33. The first-order valence-electron chi connectivity index (χ1n) is 16.8. The summed E-state index contributed by atoms with van der Waals surface area (Å²) in [5.74, 6) is 0.311. The van der Waals surface area contributed by atoms with E-state index in [-0.39, 0.29) is 29.0 Å². The van der Waals surface area contributed by atoms with Crippen LogP contribution < -0.4 is 21.4 Å². The number of halogens is 2. The number of rotatable bonds is 10. The monoisotopic (exact) mass is 771 g/mol. The third-order valence-corrected chi connectivity index (χ3v) is 8.96. The van der Waals surface area contributed by atoms with Gasteiger partial charge in [0.15, 0.2) is 0 Å². The maximum Gasteiger partial charge on any atom is 0.340 e. The summed E-state index contributed by atoms with van der Waals surface area (Å²) in [4.78, 5) is 32.6. The average molecular weight is 773 g/mol. The van der Waals surface area contributed by atoms with Crippen molar-refractivity contribution in [1.29, 1.82) is 10.5 Å². The molecule has 0 saturated heterocycles. The van der Waals surface area contributed by atoms with Crippen LogP contribution in [0.5, 0.6) is 0 Å². The second-order valence-electron chi connectivity index (χ2n) is 11.9. The number of nitrogens with zero attached hydrogens (tertiary/aromatic N) is 8. The summed E-state index contributed by atoms with van der Waals surface area (Å²) >= 11 is 13.6. The summed E-state index contributed by atoms with van der Waals surface area (Å²) in [5, 5.41) is 31.9. The summed E-state index contributed by atoms with van der Waals surface area (Å²) in [7, 11) is 0. The Bertz CT molecular complexity index is 2520. The van der Waals surface area contributed by atoms with Gasteiger partial charge in [-0.2, -0.15) is 20.6 Å². The second kappa shape index (κ2) is 16.6. The number of hydrogen-bond donors (Lipinski definition) is 3. The van der Waals surface area contributed by atoms with Crippen molar-refractivity contribution in [1.82, 2.24) is 19.9 Å². The van der Waals surface area contributed by atoms with Crippen molar-refractivity contribution in [2.45, 2.75) is 0 Å². The van der Waals surface area contributed by atoms with Crippen molar-refractivity contribution in [3.05, 3.63) is 172 Å². The number of nitriles is 2. The first-order chi connectivity index (χ1) is 27.3. The van der Waals surface area contributed by atoms with Crippen molar-refractivity contribution in [2.75, 3.05) is 15.6 Å².